The van der Waals surface area contributed by atoms with Crippen LogP contribution in [0, 0.1) is 17.5 Å². The van der Waals surface area contributed by atoms with Gasteiger partial charge in [0.2, 0.25) is 5.91 Å². The topological polar surface area (TPSA) is 84.0 Å². The summed E-state index contributed by atoms with van der Waals surface area (Å²) >= 11 is 0. The Hall–Kier alpha value is -2.70. The van der Waals surface area contributed by atoms with Gasteiger partial charge < -0.3 is 25.4 Å². The molecule has 11 heteroatoms. The lowest BCUT2D eigenvalue weighted by atomic mass is 10.3. The van der Waals surface area contributed by atoms with Crippen molar-refractivity contribution >= 4 is 41.5 Å². The fourth-order valence-electron chi connectivity index (χ4n) is 2.32. The van der Waals surface area contributed by atoms with Crippen molar-refractivity contribution in [1.29, 1.82) is 0 Å². The van der Waals surface area contributed by atoms with E-state index in [1.807, 2.05) is 6.92 Å². The maximum Gasteiger partial charge on any atom is 0.246 e. The number of benzene rings is 2. The first kappa shape index (κ1) is 26.3. The lowest BCUT2D eigenvalue weighted by molar-refractivity contribution is -0.114. The number of nitrogens with one attached hydrogen (secondary N) is 3. The molecule has 7 nitrogen and oxygen atoms in total. The van der Waals surface area contributed by atoms with Crippen molar-refractivity contribution in [3.8, 4) is 11.5 Å². The Morgan fingerprint density at radius 1 is 1.00 bits per heavy atom. The summed E-state index contributed by atoms with van der Waals surface area (Å²) in [6.45, 7) is 2.78. The van der Waals surface area contributed by atoms with Gasteiger partial charge in [-0.25, -0.2) is 18.2 Å². The maximum atomic E-state index is 13.6. The van der Waals surface area contributed by atoms with Gasteiger partial charge in [0.25, 0.3) is 0 Å². The molecule has 170 valence electrons. The number of methoxy groups -OCH3 is 1. The molecule has 0 heterocycles. The van der Waals surface area contributed by atoms with Crippen LogP contribution in [0.3, 0.4) is 0 Å². The molecule has 0 aliphatic carbocycles. The molecule has 0 atom stereocenters. The second-order valence-corrected chi connectivity index (χ2v) is 5.92. The zero-order valence-electron chi connectivity index (χ0n) is 17.0. The van der Waals surface area contributed by atoms with E-state index in [9.17, 15) is 18.0 Å². The zero-order chi connectivity index (χ0) is 21.9. The molecule has 0 radical (unpaired) electrons. The zero-order valence-corrected chi connectivity index (χ0v) is 19.3. The van der Waals surface area contributed by atoms with Crippen LogP contribution in [0.15, 0.2) is 41.4 Å². The van der Waals surface area contributed by atoms with Gasteiger partial charge in [0.1, 0.15) is 24.7 Å². The van der Waals surface area contributed by atoms with Crippen LogP contribution in [0.2, 0.25) is 0 Å². The van der Waals surface area contributed by atoms with Gasteiger partial charge in [-0.3, -0.25) is 4.79 Å². The van der Waals surface area contributed by atoms with Crippen LogP contribution in [0.4, 0.5) is 18.9 Å². The summed E-state index contributed by atoms with van der Waals surface area (Å²) in [6, 6.07) is 8.78. The lowest BCUT2D eigenvalue weighted by Crippen LogP contribution is -2.40. The number of aliphatic imine (C=N–C) groups is 1. The summed E-state index contributed by atoms with van der Waals surface area (Å²) < 4.78 is 50.4. The summed E-state index contributed by atoms with van der Waals surface area (Å²) in [7, 11) is 1.58. The van der Waals surface area contributed by atoms with Crippen LogP contribution in [0.5, 0.6) is 11.5 Å². The normalized spacial score (nSPS) is 10.7. The molecule has 2 rings (SSSR count). The summed E-state index contributed by atoms with van der Waals surface area (Å²) in [4.78, 5) is 16.0. The quantitative estimate of drug-likeness (QED) is 0.146. The Kier molecular flexibility index (Phi) is 11.5. The molecule has 1 amide bonds. The fraction of sp³-hybridized carbons (Fsp3) is 0.300. The average Bonchev–Trinajstić information content (AvgIpc) is 2.75. The van der Waals surface area contributed by atoms with Gasteiger partial charge in [0, 0.05) is 6.54 Å². The molecule has 0 fully saturated rings. The molecule has 0 aliphatic heterocycles. The van der Waals surface area contributed by atoms with E-state index in [2.05, 4.69) is 20.9 Å². The largest absolute Gasteiger partial charge is 0.497 e. The van der Waals surface area contributed by atoms with Gasteiger partial charge in [0.15, 0.2) is 23.4 Å². The number of carbonyl (C=O) groups excluding carboxylic acids is 1. The van der Waals surface area contributed by atoms with E-state index < -0.39 is 29.0 Å². The van der Waals surface area contributed by atoms with Crippen LogP contribution >= 0.6 is 24.0 Å². The molecule has 2 aromatic rings. The molecule has 0 saturated carbocycles. The van der Waals surface area contributed by atoms with Crippen LogP contribution in [-0.2, 0) is 4.79 Å². The second-order valence-electron chi connectivity index (χ2n) is 5.92. The summed E-state index contributed by atoms with van der Waals surface area (Å²) in [6.07, 6.45) is 0. The van der Waals surface area contributed by atoms with Crippen molar-refractivity contribution < 1.29 is 27.4 Å². The van der Waals surface area contributed by atoms with Crippen LogP contribution in [0.1, 0.15) is 6.92 Å². The van der Waals surface area contributed by atoms with E-state index in [0.29, 0.717) is 31.4 Å². The second kappa shape index (κ2) is 13.6. The molecular formula is C20H24F3IN4O3. The third-order valence-electron chi connectivity index (χ3n) is 3.76. The van der Waals surface area contributed by atoms with E-state index in [4.69, 9.17) is 9.47 Å². The summed E-state index contributed by atoms with van der Waals surface area (Å²) in [5.41, 5.74) is -0.458. The third kappa shape index (κ3) is 8.52. The van der Waals surface area contributed by atoms with Crippen LogP contribution in [-0.4, -0.2) is 45.2 Å². The highest BCUT2D eigenvalue weighted by Gasteiger charge is 2.15. The summed E-state index contributed by atoms with van der Waals surface area (Å²) in [5.74, 6) is -3.39. The van der Waals surface area contributed by atoms with Gasteiger partial charge in [-0.1, -0.05) is 0 Å². The number of nitrogens with zero attached hydrogens (tertiary/aromatic N) is 1. The Labute approximate surface area is 195 Å². The van der Waals surface area contributed by atoms with Gasteiger partial charge in [-0.15, -0.1) is 24.0 Å². The SMILES string of the molecule is CCNC(=NCC(=O)Nc1ccc(F)c(F)c1F)NCCOc1ccc(OC)cc1.I. The molecule has 0 unspecified atom stereocenters. The minimum Gasteiger partial charge on any atom is -0.497 e. The lowest BCUT2D eigenvalue weighted by Gasteiger charge is -2.12. The molecule has 0 bridgehead atoms. The fourth-order valence-corrected chi connectivity index (χ4v) is 2.32. The highest BCUT2D eigenvalue weighted by molar-refractivity contribution is 14.0. The first-order valence-electron chi connectivity index (χ1n) is 9.17. The number of carbonyl (C=O) groups is 1. The van der Waals surface area contributed by atoms with Gasteiger partial charge in [-0.05, 0) is 43.3 Å². The number of hydrogen-bond donors (Lipinski definition) is 3. The predicted molar refractivity (Wildman–Crippen MR) is 123 cm³/mol. The van der Waals surface area contributed by atoms with Crippen molar-refractivity contribution in [3.05, 3.63) is 53.8 Å². The van der Waals surface area contributed by atoms with Crippen molar-refractivity contribution in [3.63, 3.8) is 0 Å². The maximum absolute atomic E-state index is 13.6. The van der Waals surface area contributed by atoms with E-state index in [1.165, 1.54) is 0 Å². The monoisotopic (exact) mass is 552 g/mol. The molecule has 0 saturated heterocycles. The van der Waals surface area contributed by atoms with Crippen molar-refractivity contribution in [2.45, 2.75) is 6.92 Å². The van der Waals surface area contributed by atoms with Gasteiger partial charge in [-0.2, -0.15) is 0 Å². The molecule has 0 aliphatic rings. The Morgan fingerprint density at radius 2 is 1.68 bits per heavy atom. The molecule has 2 aromatic carbocycles. The number of ether oxygens (including phenoxy) is 2. The Balaban J connectivity index is 0.00000480. The number of hydrogen-bond acceptors (Lipinski definition) is 4. The minimum absolute atomic E-state index is 0. The first-order chi connectivity index (χ1) is 14.4. The van der Waals surface area contributed by atoms with Gasteiger partial charge >= 0.3 is 0 Å². The van der Waals surface area contributed by atoms with E-state index in [-0.39, 0.29) is 30.5 Å². The Morgan fingerprint density at radius 3 is 2.32 bits per heavy atom. The molecular weight excluding hydrogens is 528 g/mol. The number of halogens is 4. The van der Waals surface area contributed by atoms with Crippen molar-refractivity contribution in [2.24, 2.45) is 4.99 Å². The summed E-state index contributed by atoms with van der Waals surface area (Å²) in [5, 5.41) is 8.09. The molecule has 3 N–H and O–H groups in total. The van der Waals surface area contributed by atoms with E-state index >= 15 is 0 Å². The molecule has 0 spiro atoms. The highest BCUT2D eigenvalue weighted by atomic mass is 127. The van der Waals surface area contributed by atoms with Crippen molar-refractivity contribution in [2.75, 3.05) is 38.7 Å². The minimum atomic E-state index is -1.65. The highest BCUT2D eigenvalue weighted by Crippen LogP contribution is 2.19. The smallest absolute Gasteiger partial charge is 0.246 e. The van der Waals surface area contributed by atoms with Crippen LogP contribution < -0.4 is 25.4 Å². The number of anilines is 1. The number of guanidine groups is 1. The van der Waals surface area contributed by atoms with E-state index in [1.54, 1.807) is 31.4 Å². The van der Waals surface area contributed by atoms with Gasteiger partial charge in [0.05, 0.1) is 19.3 Å². The first-order valence-corrected chi connectivity index (χ1v) is 9.17. The third-order valence-corrected chi connectivity index (χ3v) is 3.76. The molecule has 0 aromatic heterocycles. The van der Waals surface area contributed by atoms with Crippen molar-refractivity contribution in [1.82, 2.24) is 10.6 Å². The van der Waals surface area contributed by atoms with E-state index in [0.717, 1.165) is 17.9 Å². The number of rotatable bonds is 9. The standard InChI is InChI=1S/C20H23F3N4O3.HI/c1-3-24-20(25-10-11-30-14-6-4-13(29-2)5-7-14)26-12-17(28)27-16-9-8-15(21)18(22)19(16)23;/h4-9H,3,10-12H2,1-2H3,(H,27,28)(H2,24,25,26);1H. The molecule has 31 heavy (non-hydrogen) atoms. The average molecular weight is 552 g/mol. The number of amides is 1. The Bertz CT molecular complexity index is 883. The van der Waals surface area contributed by atoms with Crippen LogP contribution in [0.25, 0.3) is 0 Å². The predicted octanol–water partition coefficient (Wildman–Crippen LogP) is 3.30.